The van der Waals surface area contributed by atoms with Crippen molar-refractivity contribution >= 4 is 37.9 Å². The molecular weight excluding hydrogens is 665 g/mol. The van der Waals surface area contributed by atoms with E-state index in [1.165, 1.54) is 6.92 Å². The van der Waals surface area contributed by atoms with Gasteiger partial charge in [0.1, 0.15) is 42.7 Å². The molecule has 17 nitrogen and oxygen atoms in total. The van der Waals surface area contributed by atoms with E-state index in [4.69, 9.17) is 18.7 Å². The second-order valence-electron chi connectivity index (χ2n) is 11.8. The van der Waals surface area contributed by atoms with E-state index in [0.717, 1.165) is 44.8 Å². The Morgan fingerprint density at radius 2 is 1.40 bits per heavy atom. The predicted molar refractivity (Wildman–Crippen MR) is 169 cm³/mol. The molecule has 3 amide bonds. The summed E-state index contributed by atoms with van der Waals surface area (Å²) in [7, 11) is -4.63. The average molecular weight is 718 g/mol. The van der Waals surface area contributed by atoms with Crippen LogP contribution in [0.3, 0.4) is 0 Å². The normalized spacial score (nSPS) is 32.3. The Morgan fingerprint density at radius 3 is 2.04 bits per heavy atom. The van der Waals surface area contributed by atoms with Crippen molar-refractivity contribution in [2.45, 2.75) is 120 Å². The molecule has 9 N–H and O–H groups in total. The van der Waals surface area contributed by atoms with Crippen molar-refractivity contribution < 1.29 is 68.1 Å². The largest absolute Gasteiger partial charge is 0.394 e. The topological polar surface area (TPSA) is 263 Å². The molecule has 0 bridgehead atoms. The third kappa shape index (κ3) is 14.2. The fourth-order valence-corrected chi connectivity index (χ4v) is 6.82. The maximum absolute atomic E-state index is 13.1. The van der Waals surface area contributed by atoms with Crippen molar-refractivity contribution in [3.63, 3.8) is 0 Å². The highest BCUT2D eigenvalue weighted by Gasteiger charge is 2.49. The fraction of sp³-hybridized carbons (Fsp3) is 0.893. The molecule has 11 atom stereocenters. The van der Waals surface area contributed by atoms with Gasteiger partial charge in [-0.05, 0) is 25.0 Å². The van der Waals surface area contributed by atoms with Crippen LogP contribution in [0, 0.1) is 0 Å². The molecular formula is C28H52N3O14PS. The Balaban J connectivity index is 1.94. The van der Waals surface area contributed by atoms with Crippen molar-refractivity contribution in [1.82, 2.24) is 16.0 Å². The third-order valence-corrected chi connectivity index (χ3v) is 9.50. The molecule has 19 heteroatoms. The summed E-state index contributed by atoms with van der Waals surface area (Å²) in [5, 5.41) is 59.2. The van der Waals surface area contributed by atoms with E-state index < -0.39 is 99.9 Å². The van der Waals surface area contributed by atoms with Crippen molar-refractivity contribution in [2.75, 3.05) is 38.3 Å². The lowest BCUT2D eigenvalue weighted by atomic mass is 9.93. The molecule has 0 aliphatic carbocycles. The molecule has 0 radical (unpaired) electrons. The minimum Gasteiger partial charge on any atom is -0.394 e. The highest BCUT2D eigenvalue weighted by Crippen LogP contribution is 2.45. The van der Waals surface area contributed by atoms with Gasteiger partial charge < -0.3 is 65.1 Å². The summed E-state index contributed by atoms with van der Waals surface area (Å²) in [6.07, 6.45) is -7.00. The predicted octanol–water partition coefficient (Wildman–Crippen LogP) is -2.08. The number of amides is 3. The number of rotatable bonds is 20. The highest BCUT2D eigenvalue weighted by atomic mass is 32.1. The first-order valence-corrected chi connectivity index (χ1v) is 18.2. The van der Waals surface area contributed by atoms with E-state index in [1.807, 2.05) is 0 Å². The van der Waals surface area contributed by atoms with E-state index in [9.17, 15) is 49.4 Å². The zero-order chi connectivity index (χ0) is 35.1. The van der Waals surface area contributed by atoms with Gasteiger partial charge in [-0.1, -0.05) is 19.3 Å². The SMILES string of the molecule is CC(=O)N[C@@H]1[C@@H](OCCCNC(=O)CCCCCCCS)O[C@H](COP(=O)(O)C[C@H]2O[C@H](CO)[C@@H](O)[C@H](O)[C@@H]2NC(C)=O)[C@@H](O)[C@@H]1O. The van der Waals surface area contributed by atoms with E-state index in [-0.39, 0.29) is 12.5 Å². The zero-order valence-electron chi connectivity index (χ0n) is 26.8. The number of aliphatic hydroxyl groups is 5. The molecule has 2 heterocycles. The number of unbranched alkanes of at least 4 members (excludes halogenated alkanes) is 4. The van der Waals surface area contributed by atoms with Crippen LogP contribution in [0.25, 0.3) is 0 Å². The van der Waals surface area contributed by atoms with Crippen LogP contribution in [0.4, 0.5) is 0 Å². The van der Waals surface area contributed by atoms with Gasteiger partial charge in [-0.3, -0.25) is 18.9 Å². The van der Waals surface area contributed by atoms with Crippen LogP contribution in [-0.2, 0) is 37.7 Å². The highest BCUT2D eigenvalue weighted by molar-refractivity contribution is 7.80. The number of carbonyl (C=O) groups excluding carboxylic acids is 3. The third-order valence-electron chi connectivity index (χ3n) is 7.81. The van der Waals surface area contributed by atoms with Gasteiger partial charge in [0.2, 0.25) is 17.7 Å². The minimum absolute atomic E-state index is 0.0312. The van der Waals surface area contributed by atoms with Crippen molar-refractivity contribution in [3.8, 4) is 0 Å². The van der Waals surface area contributed by atoms with Gasteiger partial charge in [0.05, 0.1) is 38.1 Å². The monoisotopic (exact) mass is 717 g/mol. The summed E-state index contributed by atoms with van der Waals surface area (Å²) in [5.41, 5.74) is 0. The number of carbonyl (C=O) groups is 3. The van der Waals surface area contributed by atoms with Gasteiger partial charge in [-0.2, -0.15) is 12.6 Å². The lowest BCUT2D eigenvalue weighted by Crippen LogP contribution is -2.65. The first-order valence-electron chi connectivity index (χ1n) is 15.8. The average Bonchev–Trinajstić information content (AvgIpc) is 3.00. The maximum Gasteiger partial charge on any atom is 0.330 e. The van der Waals surface area contributed by atoms with Gasteiger partial charge in [-0.15, -0.1) is 0 Å². The molecule has 0 saturated carbocycles. The summed E-state index contributed by atoms with van der Waals surface area (Å²) in [4.78, 5) is 46.1. The number of aliphatic hydroxyl groups excluding tert-OH is 5. The molecule has 2 rings (SSSR count). The molecule has 2 aliphatic rings. The van der Waals surface area contributed by atoms with Crippen LogP contribution in [0.15, 0.2) is 0 Å². The minimum atomic E-state index is -4.63. The zero-order valence-corrected chi connectivity index (χ0v) is 28.6. The quantitative estimate of drug-likeness (QED) is 0.0368. The number of ether oxygens (including phenoxy) is 3. The summed E-state index contributed by atoms with van der Waals surface area (Å²) in [5.74, 6) is -0.398. The number of hydrogen-bond donors (Lipinski definition) is 10. The molecule has 47 heavy (non-hydrogen) atoms. The Morgan fingerprint density at radius 1 is 0.809 bits per heavy atom. The van der Waals surface area contributed by atoms with Crippen molar-refractivity contribution in [1.29, 1.82) is 0 Å². The molecule has 2 fully saturated rings. The summed E-state index contributed by atoms with van der Waals surface area (Å²) in [6.45, 7) is 1.21. The van der Waals surface area contributed by atoms with Crippen molar-refractivity contribution in [2.24, 2.45) is 0 Å². The summed E-state index contributed by atoms with van der Waals surface area (Å²) < 4.78 is 35.2. The van der Waals surface area contributed by atoms with E-state index >= 15 is 0 Å². The molecule has 2 saturated heterocycles. The first kappa shape index (κ1) is 41.8. The lowest BCUT2D eigenvalue weighted by Gasteiger charge is -2.43. The number of thiol groups is 1. The molecule has 274 valence electrons. The van der Waals surface area contributed by atoms with Gasteiger partial charge in [0.25, 0.3) is 0 Å². The van der Waals surface area contributed by atoms with Crippen LogP contribution in [0.2, 0.25) is 0 Å². The van der Waals surface area contributed by atoms with E-state index in [2.05, 4.69) is 28.6 Å². The number of nitrogens with one attached hydrogen (secondary N) is 3. The number of hydrogen-bond acceptors (Lipinski definition) is 14. The summed E-state index contributed by atoms with van der Waals surface area (Å²) >= 11 is 4.18. The second kappa shape index (κ2) is 21.0. The van der Waals surface area contributed by atoms with E-state index in [0.29, 0.717) is 19.4 Å². The van der Waals surface area contributed by atoms with Gasteiger partial charge in [0, 0.05) is 26.8 Å². The fourth-order valence-electron chi connectivity index (χ4n) is 5.35. The maximum atomic E-state index is 13.1. The molecule has 0 spiro atoms. The molecule has 2 aliphatic heterocycles. The van der Waals surface area contributed by atoms with Gasteiger partial charge in [0.15, 0.2) is 6.29 Å². The molecule has 0 aromatic rings. The van der Waals surface area contributed by atoms with Crippen LogP contribution >= 0.6 is 20.2 Å². The van der Waals surface area contributed by atoms with E-state index in [1.54, 1.807) is 0 Å². The Kier molecular flexibility index (Phi) is 18.6. The van der Waals surface area contributed by atoms with Gasteiger partial charge in [-0.25, -0.2) is 0 Å². The lowest BCUT2D eigenvalue weighted by molar-refractivity contribution is -0.269. The molecule has 1 unspecified atom stereocenters. The van der Waals surface area contributed by atoms with Crippen molar-refractivity contribution in [3.05, 3.63) is 0 Å². The Labute approximate surface area is 280 Å². The van der Waals surface area contributed by atoms with Crippen LogP contribution in [0.1, 0.15) is 58.8 Å². The molecule has 0 aromatic heterocycles. The Bertz CT molecular complexity index is 1030. The first-order chi connectivity index (χ1) is 22.2. The van der Waals surface area contributed by atoms with Crippen LogP contribution < -0.4 is 16.0 Å². The smallest absolute Gasteiger partial charge is 0.330 e. The second-order valence-corrected chi connectivity index (χ2v) is 14.1. The van der Waals surface area contributed by atoms with Crippen LogP contribution in [0.5, 0.6) is 0 Å². The Hall–Kier alpha value is -1.41. The van der Waals surface area contributed by atoms with Gasteiger partial charge >= 0.3 is 7.60 Å². The summed E-state index contributed by atoms with van der Waals surface area (Å²) in [6, 6.07) is -2.52. The molecule has 0 aromatic carbocycles. The van der Waals surface area contributed by atoms with Crippen LogP contribution in [-0.4, -0.2) is 148 Å². The standard InChI is InChI=1S/C28H52N3O14PS/c1-16(33)30-22-20(44-18(13-32)24(36)26(22)38)15-46(40,41)43-14-19-25(37)27(39)23(31-17(2)34)28(45-19)42-11-8-10-29-21(35)9-6-4-3-5-7-12-47/h18-20,22-28,32,36-39,47H,3-15H2,1-2H3,(H,29,35)(H,30,33)(H,31,34)(H,40,41)/t18-,19-,20-,22-,23+,24-,25-,26-,27-,28+/m1/s1.